The van der Waals surface area contributed by atoms with Crippen molar-refractivity contribution < 1.29 is 14.3 Å². The van der Waals surface area contributed by atoms with Gasteiger partial charge in [0.25, 0.3) is 5.91 Å². The fourth-order valence-corrected chi connectivity index (χ4v) is 3.29. The number of carbonyl (C=O) groups is 1. The smallest absolute Gasteiger partial charge is 0.260 e. The number of benzene rings is 2. The second-order valence-corrected chi connectivity index (χ2v) is 6.90. The summed E-state index contributed by atoms with van der Waals surface area (Å²) in [5.41, 5.74) is 2.23. The van der Waals surface area contributed by atoms with Gasteiger partial charge in [0, 0.05) is 13.1 Å². The first-order valence-electron chi connectivity index (χ1n) is 9.30. The molecule has 1 aliphatic rings. The minimum Gasteiger partial charge on any atom is -0.484 e. The number of amides is 1. The summed E-state index contributed by atoms with van der Waals surface area (Å²) in [6, 6.07) is 18.0. The molecule has 0 saturated carbocycles. The van der Waals surface area contributed by atoms with Gasteiger partial charge in [0.2, 0.25) is 0 Å². The van der Waals surface area contributed by atoms with Crippen LogP contribution in [0, 0.1) is 12.8 Å². The average Bonchev–Trinajstić information content (AvgIpc) is 2.68. The van der Waals surface area contributed by atoms with E-state index >= 15 is 0 Å². The van der Waals surface area contributed by atoms with E-state index in [0.717, 1.165) is 37.2 Å². The molecule has 2 aromatic carbocycles. The van der Waals surface area contributed by atoms with E-state index in [-0.39, 0.29) is 12.5 Å². The number of nitrogens with zero attached hydrogens (tertiary/aromatic N) is 1. The quantitative estimate of drug-likeness (QED) is 0.759. The third kappa shape index (κ3) is 5.33. The number of likely N-dealkylation sites (tertiary alicyclic amines) is 1. The molecule has 26 heavy (non-hydrogen) atoms. The maximum Gasteiger partial charge on any atom is 0.260 e. The maximum atomic E-state index is 12.5. The topological polar surface area (TPSA) is 38.8 Å². The SMILES string of the molecule is Cc1ccccc1OCC(=O)N1CCC[C@H](COCc2ccccc2)C1. The molecule has 0 aromatic heterocycles. The molecule has 1 heterocycles. The van der Waals surface area contributed by atoms with Gasteiger partial charge in [0.05, 0.1) is 13.2 Å². The first-order chi connectivity index (χ1) is 12.7. The number of piperidine rings is 1. The van der Waals surface area contributed by atoms with Crippen LogP contribution in [-0.2, 0) is 16.1 Å². The van der Waals surface area contributed by atoms with Gasteiger partial charge in [-0.1, -0.05) is 48.5 Å². The Balaban J connectivity index is 1.42. The van der Waals surface area contributed by atoms with Crippen molar-refractivity contribution in [3.63, 3.8) is 0 Å². The average molecular weight is 353 g/mol. The molecule has 4 heteroatoms. The van der Waals surface area contributed by atoms with Crippen LogP contribution >= 0.6 is 0 Å². The van der Waals surface area contributed by atoms with Crippen LogP contribution in [0.3, 0.4) is 0 Å². The molecular weight excluding hydrogens is 326 g/mol. The van der Waals surface area contributed by atoms with Crippen LogP contribution < -0.4 is 4.74 Å². The summed E-state index contributed by atoms with van der Waals surface area (Å²) in [6.45, 7) is 4.97. The third-order valence-corrected chi connectivity index (χ3v) is 4.78. The summed E-state index contributed by atoms with van der Waals surface area (Å²) >= 11 is 0. The maximum absolute atomic E-state index is 12.5. The Morgan fingerprint density at radius 2 is 1.88 bits per heavy atom. The Morgan fingerprint density at radius 1 is 1.12 bits per heavy atom. The van der Waals surface area contributed by atoms with Gasteiger partial charge in [-0.2, -0.15) is 0 Å². The molecule has 3 rings (SSSR count). The zero-order valence-corrected chi connectivity index (χ0v) is 15.4. The largest absolute Gasteiger partial charge is 0.484 e. The lowest BCUT2D eigenvalue weighted by Gasteiger charge is -2.32. The van der Waals surface area contributed by atoms with E-state index in [2.05, 4.69) is 12.1 Å². The van der Waals surface area contributed by atoms with E-state index in [0.29, 0.717) is 19.1 Å². The Kier molecular flexibility index (Phi) is 6.67. The predicted octanol–water partition coefficient (Wildman–Crippen LogP) is 3.83. The van der Waals surface area contributed by atoms with Crippen LogP contribution in [0.2, 0.25) is 0 Å². The lowest BCUT2D eigenvalue weighted by atomic mass is 9.99. The number of rotatable bonds is 7. The zero-order chi connectivity index (χ0) is 18.2. The molecule has 4 nitrogen and oxygen atoms in total. The zero-order valence-electron chi connectivity index (χ0n) is 15.4. The Morgan fingerprint density at radius 3 is 2.69 bits per heavy atom. The van der Waals surface area contributed by atoms with Crippen LogP contribution in [0.4, 0.5) is 0 Å². The van der Waals surface area contributed by atoms with Crippen molar-refractivity contribution in [1.29, 1.82) is 0 Å². The van der Waals surface area contributed by atoms with E-state index in [1.54, 1.807) is 0 Å². The van der Waals surface area contributed by atoms with Crippen LogP contribution in [0.1, 0.15) is 24.0 Å². The number of hydrogen-bond acceptors (Lipinski definition) is 3. The summed E-state index contributed by atoms with van der Waals surface area (Å²) in [4.78, 5) is 14.4. The lowest BCUT2D eigenvalue weighted by Crippen LogP contribution is -2.43. The Labute approximate surface area is 155 Å². The van der Waals surface area contributed by atoms with E-state index in [1.165, 1.54) is 5.56 Å². The highest BCUT2D eigenvalue weighted by molar-refractivity contribution is 5.77. The van der Waals surface area contributed by atoms with Gasteiger partial charge in [-0.15, -0.1) is 0 Å². The first kappa shape index (κ1) is 18.5. The molecule has 138 valence electrons. The van der Waals surface area contributed by atoms with E-state index in [4.69, 9.17) is 9.47 Å². The third-order valence-electron chi connectivity index (χ3n) is 4.78. The lowest BCUT2D eigenvalue weighted by molar-refractivity contribution is -0.135. The minimum atomic E-state index is 0.0565. The number of para-hydroxylation sites is 1. The molecule has 1 saturated heterocycles. The molecule has 0 spiro atoms. The summed E-state index contributed by atoms with van der Waals surface area (Å²) in [5, 5.41) is 0. The Bertz CT molecular complexity index is 702. The second-order valence-electron chi connectivity index (χ2n) is 6.90. The molecule has 0 aliphatic carbocycles. The summed E-state index contributed by atoms with van der Waals surface area (Å²) in [5.74, 6) is 1.23. The van der Waals surface area contributed by atoms with Crippen LogP contribution in [0.15, 0.2) is 54.6 Å². The molecule has 0 bridgehead atoms. The number of aryl methyl sites for hydroxylation is 1. The summed E-state index contributed by atoms with van der Waals surface area (Å²) in [7, 11) is 0. The summed E-state index contributed by atoms with van der Waals surface area (Å²) < 4.78 is 11.6. The monoisotopic (exact) mass is 353 g/mol. The van der Waals surface area contributed by atoms with Crippen LogP contribution in [0.5, 0.6) is 5.75 Å². The van der Waals surface area contributed by atoms with Gasteiger partial charge in [0.15, 0.2) is 6.61 Å². The number of hydrogen-bond donors (Lipinski definition) is 0. The van der Waals surface area contributed by atoms with E-state index < -0.39 is 0 Å². The summed E-state index contributed by atoms with van der Waals surface area (Å²) in [6.07, 6.45) is 2.13. The molecule has 0 N–H and O–H groups in total. The van der Waals surface area contributed by atoms with E-state index in [1.807, 2.05) is 54.3 Å². The molecule has 1 aliphatic heterocycles. The van der Waals surface area contributed by atoms with Crippen LogP contribution in [0.25, 0.3) is 0 Å². The van der Waals surface area contributed by atoms with Gasteiger partial charge in [-0.3, -0.25) is 4.79 Å². The highest BCUT2D eigenvalue weighted by Crippen LogP contribution is 2.19. The van der Waals surface area contributed by atoms with Crippen molar-refractivity contribution in [2.24, 2.45) is 5.92 Å². The van der Waals surface area contributed by atoms with E-state index in [9.17, 15) is 4.79 Å². The van der Waals surface area contributed by atoms with Gasteiger partial charge < -0.3 is 14.4 Å². The fraction of sp³-hybridized carbons (Fsp3) is 0.409. The number of ether oxygens (including phenoxy) is 2. The molecule has 1 amide bonds. The predicted molar refractivity (Wildman–Crippen MR) is 102 cm³/mol. The highest BCUT2D eigenvalue weighted by atomic mass is 16.5. The fourth-order valence-electron chi connectivity index (χ4n) is 3.29. The molecular formula is C22H27NO3. The second kappa shape index (κ2) is 9.39. The van der Waals surface area contributed by atoms with Gasteiger partial charge in [-0.25, -0.2) is 0 Å². The van der Waals surface area contributed by atoms with Crippen LogP contribution in [-0.4, -0.2) is 37.1 Å². The van der Waals surface area contributed by atoms with Gasteiger partial charge >= 0.3 is 0 Å². The van der Waals surface area contributed by atoms with Crippen molar-refractivity contribution in [1.82, 2.24) is 4.90 Å². The van der Waals surface area contributed by atoms with Gasteiger partial charge in [0.1, 0.15) is 5.75 Å². The molecule has 2 aromatic rings. The number of carbonyl (C=O) groups excluding carboxylic acids is 1. The minimum absolute atomic E-state index is 0.0565. The van der Waals surface area contributed by atoms with Crippen molar-refractivity contribution >= 4 is 5.91 Å². The van der Waals surface area contributed by atoms with Crippen molar-refractivity contribution in [2.75, 3.05) is 26.3 Å². The first-order valence-corrected chi connectivity index (χ1v) is 9.30. The molecule has 0 radical (unpaired) electrons. The normalized spacial score (nSPS) is 17.1. The van der Waals surface area contributed by atoms with Gasteiger partial charge in [-0.05, 0) is 42.9 Å². The molecule has 0 unspecified atom stereocenters. The van der Waals surface area contributed by atoms with Crippen molar-refractivity contribution in [3.8, 4) is 5.75 Å². The van der Waals surface area contributed by atoms with Crippen molar-refractivity contribution in [2.45, 2.75) is 26.4 Å². The molecule has 1 atom stereocenters. The standard InChI is InChI=1S/C22H27NO3/c1-18-8-5-6-12-21(18)26-17-22(24)23-13-7-11-20(14-23)16-25-15-19-9-3-2-4-10-19/h2-6,8-10,12,20H,7,11,13-17H2,1H3/t20-/m0/s1. The Hall–Kier alpha value is -2.33. The molecule has 1 fully saturated rings. The highest BCUT2D eigenvalue weighted by Gasteiger charge is 2.24. The van der Waals surface area contributed by atoms with Crippen molar-refractivity contribution in [3.05, 3.63) is 65.7 Å².